The van der Waals surface area contributed by atoms with Crippen molar-refractivity contribution in [3.63, 3.8) is 0 Å². The van der Waals surface area contributed by atoms with Crippen LogP contribution in [0.1, 0.15) is 43.4 Å². The molecule has 2 nitrogen and oxygen atoms in total. The lowest BCUT2D eigenvalue weighted by Crippen LogP contribution is -2.30. The van der Waals surface area contributed by atoms with Gasteiger partial charge in [-0.2, -0.15) is 0 Å². The van der Waals surface area contributed by atoms with E-state index in [1.54, 1.807) is 11.3 Å². The molecule has 1 N–H and O–H groups in total. The molecular weight excluding hydrogens is 266 g/mol. The Bertz CT molecular complexity index is 400. The second-order valence-corrected chi connectivity index (χ2v) is 7.31. The third-order valence-electron chi connectivity index (χ3n) is 4.15. The lowest BCUT2D eigenvalue weighted by molar-refractivity contribution is -0.0351. The van der Waals surface area contributed by atoms with Crippen molar-refractivity contribution in [1.29, 1.82) is 0 Å². The van der Waals surface area contributed by atoms with E-state index in [0.717, 1.165) is 17.4 Å². The molecule has 1 aliphatic heterocycles. The van der Waals surface area contributed by atoms with Crippen molar-refractivity contribution in [2.24, 2.45) is 0 Å². The quantitative estimate of drug-likeness (QED) is 0.903. The van der Waals surface area contributed by atoms with E-state index in [1.807, 2.05) is 6.07 Å². The van der Waals surface area contributed by atoms with Gasteiger partial charge in [0.25, 0.3) is 0 Å². The first kappa shape index (κ1) is 12.9. The SMILES string of the molecule is Clc1ccc(CNCC2CCC3(CCCC3)O2)s1. The Hall–Kier alpha value is -0.0900. The molecule has 0 bridgehead atoms. The van der Waals surface area contributed by atoms with E-state index >= 15 is 0 Å². The first-order valence-corrected chi connectivity index (χ1v) is 8.08. The maximum absolute atomic E-state index is 6.27. The Morgan fingerprint density at radius 1 is 1.33 bits per heavy atom. The first-order chi connectivity index (χ1) is 8.76. The largest absolute Gasteiger partial charge is 0.370 e. The van der Waals surface area contributed by atoms with Crippen LogP contribution in [0.15, 0.2) is 12.1 Å². The number of ether oxygens (including phenoxy) is 1. The van der Waals surface area contributed by atoms with Crippen molar-refractivity contribution in [3.05, 3.63) is 21.3 Å². The molecule has 4 heteroatoms. The minimum Gasteiger partial charge on any atom is -0.370 e. The molecule has 2 aliphatic rings. The van der Waals surface area contributed by atoms with Crippen LogP contribution in [0.25, 0.3) is 0 Å². The molecule has 2 heterocycles. The molecular formula is C14H20ClNOS. The van der Waals surface area contributed by atoms with Crippen LogP contribution < -0.4 is 5.32 Å². The fourth-order valence-electron chi connectivity index (χ4n) is 3.23. The highest BCUT2D eigenvalue weighted by molar-refractivity contribution is 7.16. The van der Waals surface area contributed by atoms with E-state index in [9.17, 15) is 0 Å². The minimum atomic E-state index is 0.262. The third kappa shape index (κ3) is 2.90. The molecule has 1 aliphatic carbocycles. The highest BCUT2D eigenvalue weighted by Crippen LogP contribution is 2.43. The van der Waals surface area contributed by atoms with E-state index in [-0.39, 0.29) is 5.60 Å². The second-order valence-electron chi connectivity index (χ2n) is 5.51. The summed E-state index contributed by atoms with van der Waals surface area (Å²) in [6, 6.07) is 4.05. The van der Waals surface area contributed by atoms with Crippen LogP contribution >= 0.6 is 22.9 Å². The Morgan fingerprint density at radius 3 is 2.89 bits per heavy atom. The van der Waals surface area contributed by atoms with Gasteiger partial charge in [0.05, 0.1) is 16.0 Å². The van der Waals surface area contributed by atoms with E-state index in [0.29, 0.717) is 6.10 Å². The van der Waals surface area contributed by atoms with Crippen molar-refractivity contribution in [3.8, 4) is 0 Å². The molecule has 3 rings (SSSR count). The molecule has 1 saturated heterocycles. The van der Waals surface area contributed by atoms with Crippen LogP contribution in [0.4, 0.5) is 0 Å². The summed E-state index contributed by atoms with van der Waals surface area (Å²) in [5, 5.41) is 3.49. The fraction of sp³-hybridized carbons (Fsp3) is 0.714. The van der Waals surface area contributed by atoms with Crippen molar-refractivity contribution in [1.82, 2.24) is 5.32 Å². The van der Waals surface area contributed by atoms with E-state index < -0.39 is 0 Å². The van der Waals surface area contributed by atoms with E-state index in [4.69, 9.17) is 16.3 Å². The lowest BCUT2D eigenvalue weighted by atomic mass is 9.98. The van der Waals surface area contributed by atoms with Gasteiger partial charge in [0, 0.05) is 18.0 Å². The van der Waals surface area contributed by atoms with Gasteiger partial charge in [-0.05, 0) is 37.8 Å². The third-order valence-corrected chi connectivity index (χ3v) is 5.38. The van der Waals surface area contributed by atoms with Crippen molar-refractivity contribution < 1.29 is 4.74 Å². The summed E-state index contributed by atoms with van der Waals surface area (Å²) >= 11 is 7.57. The summed E-state index contributed by atoms with van der Waals surface area (Å²) < 4.78 is 7.14. The number of thiophene rings is 1. The number of rotatable bonds is 4. The van der Waals surface area contributed by atoms with Gasteiger partial charge in [0.2, 0.25) is 0 Å². The molecule has 1 saturated carbocycles. The summed E-state index contributed by atoms with van der Waals surface area (Å²) in [6.07, 6.45) is 8.18. The van der Waals surface area contributed by atoms with Crippen LogP contribution in [-0.2, 0) is 11.3 Å². The van der Waals surface area contributed by atoms with Crippen LogP contribution in [-0.4, -0.2) is 18.2 Å². The molecule has 1 atom stereocenters. The molecule has 0 aromatic carbocycles. The predicted molar refractivity (Wildman–Crippen MR) is 76.3 cm³/mol. The number of hydrogen-bond acceptors (Lipinski definition) is 3. The topological polar surface area (TPSA) is 21.3 Å². The second kappa shape index (κ2) is 5.49. The van der Waals surface area contributed by atoms with E-state index in [1.165, 1.54) is 43.4 Å². The lowest BCUT2D eigenvalue weighted by Gasteiger charge is -2.23. The van der Waals surface area contributed by atoms with E-state index in [2.05, 4.69) is 11.4 Å². The molecule has 1 spiro atoms. The molecule has 18 heavy (non-hydrogen) atoms. The number of nitrogens with one attached hydrogen (secondary N) is 1. The van der Waals surface area contributed by atoms with Gasteiger partial charge in [-0.25, -0.2) is 0 Å². The predicted octanol–water partition coefficient (Wildman–Crippen LogP) is 3.98. The smallest absolute Gasteiger partial charge is 0.0931 e. The average molecular weight is 286 g/mol. The number of halogens is 1. The fourth-order valence-corrected chi connectivity index (χ4v) is 4.29. The minimum absolute atomic E-state index is 0.262. The molecule has 2 fully saturated rings. The van der Waals surface area contributed by atoms with Crippen molar-refractivity contribution in [2.75, 3.05) is 6.54 Å². The zero-order chi connectivity index (χ0) is 12.4. The maximum atomic E-state index is 6.27. The Labute approximate surface area is 118 Å². The average Bonchev–Trinajstić information content (AvgIpc) is 3.05. The Balaban J connectivity index is 1.42. The number of hydrogen-bond donors (Lipinski definition) is 1. The van der Waals surface area contributed by atoms with Gasteiger partial charge < -0.3 is 10.1 Å². The van der Waals surface area contributed by atoms with Crippen LogP contribution in [0.2, 0.25) is 4.34 Å². The highest BCUT2D eigenvalue weighted by atomic mass is 35.5. The maximum Gasteiger partial charge on any atom is 0.0931 e. The summed E-state index contributed by atoms with van der Waals surface area (Å²) in [5.41, 5.74) is 0.262. The van der Waals surface area contributed by atoms with Crippen molar-refractivity contribution in [2.45, 2.75) is 56.8 Å². The normalized spacial score (nSPS) is 26.2. The Kier molecular flexibility index (Phi) is 3.94. The first-order valence-electron chi connectivity index (χ1n) is 6.89. The summed E-state index contributed by atoms with van der Waals surface area (Å²) in [7, 11) is 0. The summed E-state index contributed by atoms with van der Waals surface area (Å²) in [6.45, 7) is 1.88. The molecule has 100 valence electrons. The van der Waals surface area contributed by atoms with Crippen molar-refractivity contribution >= 4 is 22.9 Å². The molecule has 0 radical (unpaired) electrons. The summed E-state index contributed by atoms with van der Waals surface area (Å²) in [5.74, 6) is 0. The molecule has 1 aromatic rings. The molecule has 1 aromatic heterocycles. The zero-order valence-electron chi connectivity index (χ0n) is 10.6. The monoisotopic (exact) mass is 285 g/mol. The highest BCUT2D eigenvalue weighted by Gasteiger charge is 2.41. The zero-order valence-corrected chi connectivity index (χ0v) is 12.2. The molecule has 0 amide bonds. The van der Waals surface area contributed by atoms with Gasteiger partial charge in [-0.3, -0.25) is 0 Å². The van der Waals surface area contributed by atoms with Gasteiger partial charge in [-0.1, -0.05) is 24.4 Å². The van der Waals surface area contributed by atoms with Crippen LogP contribution in [0, 0.1) is 0 Å². The standard InChI is InChI=1S/C14H20ClNOS/c15-13-4-3-12(18-13)10-16-9-11-5-8-14(17-11)6-1-2-7-14/h3-4,11,16H,1-2,5-10H2. The van der Waals surface area contributed by atoms with Gasteiger partial charge in [0.1, 0.15) is 0 Å². The molecule has 1 unspecified atom stereocenters. The van der Waals surface area contributed by atoms with Gasteiger partial charge in [0.15, 0.2) is 0 Å². The summed E-state index contributed by atoms with van der Waals surface area (Å²) in [4.78, 5) is 1.30. The van der Waals surface area contributed by atoms with Gasteiger partial charge >= 0.3 is 0 Å². The van der Waals surface area contributed by atoms with Gasteiger partial charge in [-0.15, -0.1) is 11.3 Å². The van der Waals surface area contributed by atoms with Crippen LogP contribution in [0.3, 0.4) is 0 Å². The Morgan fingerprint density at radius 2 is 2.17 bits per heavy atom. The van der Waals surface area contributed by atoms with Crippen LogP contribution in [0.5, 0.6) is 0 Å².